The van der Waals surface area contributed by atoms with Gasteiger partial charge in [-0.3, -0.25) is 19.7 Å². The first kappa shape index (κ1) is 30.1. The van der Waals surface area contributed by atoms with Crippen molar-refractivity contribution in [3.63, 3.8) is 0 Å². The molecule has 0 saturated carbocycles. The number of piperidine rings is 3. The number of hydrogen-bond donors (Lipinski definition) is 2. The zero-order chi connectivity index (χ0) is 30.1. The van der Waals surface area contributed by atoms with E-state index in [-0.39, 0.29) is 30.2 Å². The first-order valence-electron chi connectivity index (χ1n) is 15.8. The van der Waals surface area contributed by atoms with E-state index in [4.69, 9.17) is 5.73 Å². The van der Waals surface area contributed by atoms with Crippen LogP contribution < -0.4 is 11.1 Å². The molecule has 6 rings (SSSR count). The first-order valence-corrected chi connectivity index (χ1v) is 16.9. The third-order valence-corrected chi connectivity index (χ3v) is 11.1. The predicted octanol–water partition coefficient (Wildman–Crippen LogP) is 2.95. The molecule has 3 fully saturated rings. The molecule has 4 heterocycles. The second-order valence-electron chi connectivity index (χ2n) is 12.9. The fourth-order valence-electron chi connectivity index (χ4n) is 7.18. The average Bonchev–Trinajstić information content (AvgIpc) is 3.32. The summed E-state index contributed by atoms with van der Waals surface area (Å²) in [6, 6.07) is 14.1. The van der Waals surface area contributed by atoms with Crippen LogP contribution in [0.15, 0.2) is 47.4 Å². The first-order chi connectivity index (χ1) is 20.7. The molecular weight excluding hydrogens is 562 g/mol. The summed E-state index contributed by atoms with van der Waals surface area (Å²) in [4.78, 5) is 42.1. The molecule has 0 spiro atoms. The molecule has 230 valence electrons. The number of fused-ring (bicyclic) bond motifs is 1. The van der Waals surface area contributed by atoms with Crippen molar-refractivity contribution in [2.75, 3.05) is 32.7 Å². The molecule has 10 heteroatoms. The number of carbonyl (C=O) groups is 3. The Hall–Kier alpha value is -2.92. The Balaban J connectivity index is 0.996. The Morgan fingerprint density at radius 2 is 1.74 bits per heavy atom. The lowest BCUT2D eigenvalue weighted by molar-refractivity contribution is -0.136. The number of rotatable bonds is 8. The summed E-state index contributed by atoms with van der Waals surface area (Å²) < 4.78 is 15.2. The summed E-state index contributed by atoms with van der Waals surface area (Å²) in [5, 5.41) is 2.37. The summed E-state index contributed by atoms with van der Waals surface area (Å²) in [6.45, 7) is 7.40. The number of imide groups is 1. The third kappa shape index (κ3) is 6.77. The molecule has 4 aliphatic rings. The molecule has 0 aliphatic carbocycles. The lowest BCUT2D eigenvalue weighted by Crippen LogP contribution is -2.52. The number of amides is 3. The number of likely N-dealkylation sites (tertiary alicyclic amines) is 1. The standard InChI is InChI=1S/C33H43N5O4S/c1-22(17-23-3-2-4-28(18-23)43(42)37-15-11-27(34)12-16-37)20-36-13-9-24(10-14-36)25-5-6-29-26(19-25)21-38(33(29)41)30-7-8-31(39)35-32(30)40/h2-6,18-19,22,24,27,30H,7-17,20-21,34H2,1H3,(H,35,39,40). The van der Waals surface area contributed by atoms with E-state index >= 15 is 0 Å². The van der Waals surface area contributed by atoms with Gasteiger partial charge in [-0.15, -0.1) is 0 Å². The van der Waals surface area contributed by atoms with Gasteiger partial charge in [-0.25, -0.2) is 8.51 Å². The molecule has 2 aromatic carbocycles. The zero-order valence-corrected chi connectivity index (χ0v) is 25.8. The van der Waals surface area contributed by atoms with Gasteiger partial charge in [0, 0.05) is 44.2 Å². The molecule has 3 saturated heterocycles. The predicted molar refractivity (Wildman–Crippen MR) is 165 cm³/mol. The molecule has 2 aromatic rings. The molecule has 3 atom stereocenters. The van der Waals surface area contributed by atoms with Gasteiger partial charge >= 0.3 is 0 Å². The van der Waals surface area contributed by atoms with Crippen LogP contribution in [0.3, 0.4) is 0 Å². The van der Waals surface area contributed by atoms with Crippen LogP contribution >= 0.6 is 0 Å². The van der Waals surface area contributed by atoms with Crippen LogP contribution in [-0.4, -0.2) is 80.8 Å². The maximum absolute atomic E-state index is 13.1. The average molecular weight is 606 g/mol. The maximum Gasteiger partial charge on any atom is 0.255 e. The highest BCUT2D eigenvalue weighted by atomic mass is 32.2. The van der Waals surface area contributed by atoms with Gasteiger partial charge in [0.1, 0.15) is 17.0 Å². The molecule has 0 bridgehead atoms. The third-order valence-electron chi connectivity index (χ3n) is 9.59. The van der Waals surface area contributed by atoms with Gasteiger partial charge in [-0.05, 0) is 98.3 Å². The second kappa shape index (κ2) is 13.0. The van der Waals surface area contributed by atoms with E-state index in [0.717, 1.165) is 75.3 Å². The van der Waals surface area contributed by atoms with Crippen LogP contribution in [0.25, 0.3) is 0 Å². The van der Waals surface area contributed by atoms with Gasteiger partial charge in [0.2, 0.25) is 11.8 Å². The summed E-state index contributed by atoms with van der Waals surface area (Å²) in [5.74, 6) is 0.178. The molecule has 3 unspecified atom stereocenters. The maximum atomic E-state index is 13.1. The minimum atomic E-state index is -1.13. The van der Waals surface area contributed by atoms with Crippen molar-refractivity contribution in [2.24, 2.45) is 11.7 Å². The normalized spacial score (nSPS) is 24.2. The smallest absolute Gasteiger partial charge is 0.255 e. The Bertz CT molecular complexity index is 1400. The van der Waals surface area contributed by atoms with Crippen LogP contribution in [-0.2, 0) is 33.5 Å². The molecule has 43 heavy (non-hydrogen) atoms. The molecule has 3 N–H and O–H groups in total. The number of benzene rings is 2. The van der Waals surface area contributed by atoms with E-state index in [9.17, 15) is 18.6 Å². The fraction of sp³-hybridized carbons (Fsp3) is 0.545. The number of nitrogens with one attached hydrogen (secondary N) is 1. The van der Waals surface area contributed by atoms with E-state index in [2.05, 4.69) is 41.4 Å². The Labute approximate surface area is 256 Å². The minimum Gasteiger partial charge on any atom is -0.328 e. The SMILES string of the molecule is CC(Cc1cccc(S(=O)N2CCC(N)CC2)c1)CN1CCC(c2ccc3c(c2)CN(C2CCC(=O)NC2=O)C3=O)CC1. The molecule has 3 amide bonds. The molecular formula is C33H43N5O4S. The number of nitrogens with two attached hydrogens (primary N) is 1. The number of hydrogen-bond acceptors (Lipinski definition) is 6. The van der Waals surface area contributed by atoms with Crippen molar-refractivity contribution in [1.29, 1.82) is 0 Å². The van der Waals surface area contributed by atoms with Crippen molar-refractivity contribution in [1.82, 2.24) is 19.4 Å². The van der Waals surface area contributed by atoms with Crippen molar-refractivity contribution in [2.45, 2.75) is 81.3 Å². The van der Waals surface area contributed by atoms with Gasteiger partial charge < -0.3 is 15.5 Å². The zero-order valence-electron chi connectivity index (χ0n) is 25.0. The van der Waals surface area contributed by atoms with Crippen LogP contribution in [0.2, 0.25) is 0 Å². The van der Waals surface area contributed by atoms with Gasteiger partial charge in [0.15, 0.2) is 0 Å². The molecule has 9 nitrogen and oxygen atoms in total. The summed E-state index contributed by atoms with van der Waals surface area (Å²) in [7, 11) is -1.13. The Morgan fingerprint density at radius 1 is 0.977 bits per heavy atom. The van der Waals surface area contributed by atoms with Gasteiger partial charge in [-0.1, -0.05) is 31.2 Å². The van der Waals surface area contributed by atoms with E-state index < -0.39 is 17.0 Å². The monoisotopic (exact) mass is 605 g/mol. The second-order valence-corrected chi connectivity index (χ2v) is 14.3. The summed E-state index contributed by atoms with van der Waals surface area (Å²) in [5.41, 5.74) is 10.2. The Morgan fingerprint density at radius 3 is 2.49 bits per heavy atom. The highest BCUT2D eigenvalue weighted by Gasteiger charge is 2.39. The van der Waals surface area contributed by atoms with Crippen molar-refractivity contribution in [3.8, 4) is 0 Å². The van der Waals surface area contributed by atoms with E-state index in [1.54, 1.807) is 4.90 Å². The quantitative estimate of drug-likeness (QED) is 0.447. The fourth-order valence-corrected chi connectivity index (χ4v) is 8.46. The summed E-state index contributed by atoms with van der Waals surface area (Å²) in [6.07, 6.45) is 5.55. The lowest BCUT2D eigenvalue weighted by atomic mass is 9.87. The van der Waals surface area contributed by atoms with Crippen LogP contribution in [0, 0.1) is 5.92 Å². The molecule has 4 aliphatic heterocycles. The van der Waals surface area contributed by atoms with Gasteiger partial charge in [0.25, 0.3) is 5.91 Å². The van der Waals surface area contributed by atoms with Crippen molar-refractivity contribution < 1.29 is 18.6 Å². The van der Waals surface area contributed by atoms with Gasteiger partial charge in [-0.2, -0.15) is 0 Å². The minimum absolute atomic E-state index is 0.118. The topological polar surface area (TPSA) is 116 Å². The van der Waals surface area contributed by atoms with E-state index in [0.29, 0.717) is 30.4 Å². The van der Waals surface area contributed by atoms with Crippen molar-refractivity contribution >= 4 is 28.7 Å². The van der Waals surface area contributed by atoms with Crippen molar-refractivity contribution in [3.05, 3.63) is 64.7 Å². The molecule has 0 radical (unpaired) electrons. The lowest BCUT2D eigenvalue weighted by Gasteiger charge is -2.34. The largest absolute Gasteiger partial charge is 0.328 e. The number of carbonyl (C=O) groups excluding carboxylic acids is 3. The highest BCUT2D eigenvalue weighted by Crippen LogP contribution is 2.34. The summed E-state index contributed by atoms with van der Waals surface area (Å²) >= 11 is 0. The molecule has 0 aromatic heterocycles. The van der Waals surface area contributed by atoms with E-state index in [1.807, 2.05) is 22.5 Å². The van der Waals surface area contributed by atoms with E-state index in [1.165, 1.54) is 11.1 Å². The Kier molecular flexibility index (Phi) is 9.09. The number of nitrogens with zero attached hydrogens (tertiary/aromatic N) is 3. The van der Waals surface area contributed by atoms with Crippen LogP contribution in [0.1, 0.15) is 78.4 Å². The highest BCUT2D eigenvalue weighted by molar-refractivity contribution is 7.82. The van der Waals surface area contributed by atoms with Crippen LogP contribution in [0.5, 0.6) is 0 Å². The van der Waals surface area contributed by atoms with Gasteiger partial charge in [0.05, 0.1) is 4.90 Å². The van der Waals surface area contributed by atoms with Crippen LogP contribution in [0.4, 0.5) is 0 Å².